The first-order valence-corrected chi connectivity index (χ1v) is 12.9. The normalized spacial score (nSPS) is 10.8. The molecule has 0 aliphatic heterocycles. The average Bonchev–Trinajstić information content (AvgIpc) is 3.37. The lowest BCUT2D eigenvalue weighted by Crippen LogP contribution is -2.10. The molecule has 8 heteroatoms. The van der Waals surface area contributed by atoms with E-state index in [1.165, 1.54) is 4.68 Å². The largest absolute Gasteiger partial charge is 0.489 e. The second kappa shape index (κ2) is 12.1. The van der Waals surface area contributed by atoms with Gasteiger partial charge in [0.25, 0.3) is 0 Å². The summed E-state index contributed by atoms with van der Waals surface area (Å²) in [4.78, 5) is 12.1. The molecule has 1 aromatic heterocycles. The van der Waals surface area contributed by atoms with Gasteiger partial charge in [0.15, 0.2) is 0 Å². The highest BCUT2D eigenvalue weighted by Gasteiger charge is 2.19. The lowest BCUT2D eigenvalue weighted by molar-refractivity contribution is 0.0684. The van der Waals surface area contributed by atoms with E-state index < -0.39 is 5.97 Å². The zero-order chi connectivity index (χ0) is 27.2. The number of carboxylic acids is 1. The molecule has 0 spiro atoms. The monoisotopic (exact) mass is 558 g/mol. The lowest BCUT2D eigenvalue weighted by Gasteiger charge is -2.13. The number of rotatable bonds is 10. The Labute approximate surface area is 236 Å². The van der Waals surface area contributed by atoms with Crippen LogP contribution in [0.4, 0.5) is 0 Å². The van der Waals surface area contributed by atoms with Crippen LogP contribution in [0.5, 0.6) is 11.5 Å². The second-order valence-electron chi connectivity index (χ2n) is 8.85. The van der Waals surface area contributed by atoms with Gasteiger partial charge >= 0.3 is 5.97 Å². The van der Waals surface area contributed by atoms with Crippen LogP contribution in [-0.4, -0.2) is 20.9 Å². The van der Waals surface area contributed by atoms with E-state index in [1.807, 2.05) is 78.9 Å². The van der Waals surface area contributed by atoms with Crippen LogP contribution in [0, 0.1) is 0 Å². The van der Waals surface area contributed by atoms with Gasteiger partial charge in [-0.2, -0.15) is 5.10 Å². The molecule has 0 saturated carbocycles. The highest BCUT2D eigenvalue weighted by molar-refractivity contribution is 6.30. The molecule has 5 aromatic rings. The van der Waals surface area contributed by atoms with Crippen LogP contribution in [-0.2, 0) is 19.8 Å². The third-order valence-electron chi connectivity index (χ3n) is 6.03. The summed E-state index contributed by atoms with van der Waals surface area (Å²) in [5.41, 5.74) is 4.05. The van der Waals surface area contributed by atoms with Crippen molar-refractivity contribution in [2.75, 3.05) is 0 Å². The maximum absolute atomic E-state index is 12.1. The number of carbonyl (C=O) groups is 1. The highest BCUT2D eigenvalue weighted by atomic mass is 35.5. The van der Waals surface area contributed by atoms with E-state index in [1.54, 1.807) is 24.3 Å². The third kappa shape index (κ3) is 6.79. The van der Waals surface area contributed by atoms with Crippen molar-refractivity contribution in [1.29, 1.82) is 0 Å². The van der Waals surface area contributed by atoms with Gasteiger partial charge in [0.05, 0.1) is 12.2 Å². The molecule has 0 unspecified atom stereocenters. The van der Waals surface area contributed by atoms with Gasteiger partial charge in [0, 0.05) is 21.7 Å². The number of aromatic nitrogens is 2. The van der Waals surface area contributed by atoms with Gasteiger partial charge < -0.3 is 14.6 Å². The Bertz CT molecular complexity index is 1570. The topological polar surface area (TPSA) is 73.6 Å². The molecule has 0 aliphatic rings. The molecule has 0 aliphatic carbocycles. The van der Waals surface area contributed by atoms with E-state index in [-0.39, 0.29) is 12.2 Å². The first kappa shape index (κ1) is 26.4. The van der Waals surface area contributed by atoms with E-state index in [0.717, 1.165) is 16.7 Å². The van der Waals surface area contributed by atoms with Crippen LogP contribution in [0.3, 0.4) is 0 Å². The summed E-state index contributed by atoms with van der Waals surface area (Å²) in [6.45, 7) is 0.959. The number of benzene rings is 4. The molecule has 4 aromatic carbocycles. The predicted molar refractivity (Wildman–Crippen MR) is 152 cm³/mol. The summed E-state index contributed by atoms with van der Waals surface area (Å²) in [5.74, 6) is 0.0637. The van der Waals surface area contributed by atoms with Gasteiger partial charge in [0.1, 0.15) is 30.4 Å². The molecular formula is C31H24Cl2N2O4. The summed E-state index contributed by atoms with van der Waals surface area (Å²) in [6, 6.07) is 31.5. The van der Waals surface area contributed by atoms with Crippen molar-refractivity contribution in [2.45, 2.75) is 19.8 Å². The maximum atomic E-state index is 12.1. The Hall–Kier alpha value is -4.26. The summed E-state index contributed by atoms with van der Waals surface area (Å²) in [5, 5.41) is 15.8. The molecule has 39 heavy (non-hydrogen) atoms. The maximum Gasteiger partial charge on any atom is 0.354 e. The fraction of sp³-hybridized carbons (Fsp3) is 0.0968. The molecular weight excluding hydrogens is 535 g/mol. The summed E-state index contributed by atoms with van der Waals surface area (Å²) in [6.07, 6.45) is 0. The highest BCUT2D eigenvalue weighted by Crippen LogP contribution is 2.34. The van der Waals surface area contributed by atoms with Crippen LogP contribution < -0.4 is 9.47 Å². The Balaban J connectivity index is 1.45. The van der Waals surface area contributed by atoms with Crippen molar-refractivity contribution in [3.05, 3.63) is 136 Å². The number of hydrogen-bond acceptors (Lipinski definition) is 4. The summed E-state index contributed by atoms with van der Waals surface area (Å²) < 4.78 is 13.7. The minimum atomic E-state index is -1.07. The minimum Gasteiger partial charge on any atom is -0.489 e. The van der Waals surface area contributed by atoms with Crippen molar-refractivity contribution >= 4 is 29.2 Å². The fourth-order valence-electron chi connectivity index (χ4n) is 4.01. The third-order valence-corrected chi connectivity index (χ3v) is 6.53. The quantitative estimate of drug-likeness (QED) is 0.189. The van der Waals surface area contributed by atoms with E-state index in [4.69, 9.17) is 32.7 Å². The molecule has 196 valence electrons. The Morgan fingerprint density at radius 2 is 1.36 bits per heavy atom. The standard InChI is InChI=1S/C31H24Cl2N2O4/c32-24-10-6-21(7-11-24)18-35-29(31(36)37)17-28(34-35)27-15-14-26(38-19-23-8-12-25(33)13-9-23)16-30(27)39-20-22-4-2-1-3-5-22/h1-17H,18-20H2,(H,36,37). The van der Waals surface area contributed by atoms with Crippen molar-refractivity contribution in [1.82, 2.24) is 9.78 Å². The van der Waals surface area contributed by atoms with E-state index in [9.17, 15) is 9.90 Å². The molecule has 5 rings (SSSR count). The molecule has 0 fully saturated rings. The SMILES string of the molecule is O=C(O)c1cc(-c2ccc(OCc3ccc(Cl)cc3)cc2OCc2ccccc2)nn1Cc1ccc(Cl)cc1. The number of carboxylic acid groups (broad SMARTS) is 1. The predicted octanol–water partition coefficient (Wildman–Crippen LogP) is 7.76. The second-order valence-corrected chi connectivity index (χ2v) is 9.72. The molecule has 1 N–H and O–H groups in total. The van der Waals surface area contributed by atoms with E-state index in [0.29, 0.717) is 46.0 Å². The molecule has 1 heterocycles. The zero-order valence-electron chi connectivity index (χ0n) is 20.8. The van der Waals surface area contributed by atoms with Crippen LogP contribution in [0.1, 0.15) is 27.2 Å². The number of aromatic carboxylic acids is 1. The van der Waals surface area contributed by atoms with Crippen molar-refractivity contribution in [3.8, 4) is 22.8 Å². The van der Waals surface area contributed by atoms with Gasteiger partial charge in [-0.1, -0.05) is 77.8 Å². The van der Waals surface area contributed by atoms with E-state index >= 15 is 0 Å². The Morgan fingerprint density at radius 3 is 2.03 bits per heavy atom. The van der Waals surface area contributed by atoms with Crippen LogP contribution in [0.25, 0.3) is 11.3 Å². The van der Waals surface area contributed by atoms with Gasteiger partial charge in [-0.25, -0.2) is 4.79 Å². The number of ether oxygens (including phenoxy) is 2. The first-order valence-electron chi connectivity index (χ1n) is 12.2. The lowest BCUT2D eigenvalue weighted by atomic mass is 10.1. The fourth-order valence-corrected chi connectivity index (χ4v) is 4.26. The number of nitrogens with zero attached hydrogens (tertiary/aromatic N) is 2. The molecule has 0 saturated heterocycles. The molecule has 0 radical (unpaired) electrons. The van der Waals surface area contributed by atoms with Crippen LogP contribution in [0.15, 0.2) is 103 Å². The van der Waals surface area contributed by atoms with Crippen LogP contribution >= 0.6 is 23.2 Å². The van der Waals surface area contributed by atoms with E-state index in [2.05, 4.69) is 5.10 Å². The number of hydrogen-bond donors (Lipinski definition) is 1. The molecule has 6 nitrogen and oxygen atoms in total. The van der Waals surface area contributed by atoms with Crippen molar-refractivity contribution in [3.63, 3.8) is 0 Å². The summed E-state index contributed by atoms with van der Waals surface area (Å²) in [7, 11) is 0. The zero-order valence-corrected chi connectivity index (χ0v) is 22.3. The minimum absolute atomic E-state index is 0.0667. The smallest absolute Gasteiger partial charge is 0.354 e. The van der Waals surface area contributed by atoms with Gasteiger partial charge in [-0.05, 0) is 59.2 Å². The Morgan fingerprint density at radius 1 is 0.744 bits per heavy atom. The van der Waals surface area contributed by atoms with Gasteiger partial charge in [-0.15, -0.1) is 0 Å². The molecule has 0 amide bonds. The Kier molecular flexibility index (Phi) is 8.16. The average molecular weight is 559 g/mol. The number of halogens is 2. The van der Waals surface area contributed by atoms with Gasteiger partial charge in [0.2, 0.25) is 0 Å². The van der Waals surface area contributed by atoms with Crippen molar-refractivity contribution in [2.24, 2.45) is 0 Å². The summed E-state index contributed by atoms with van der Waals surface area (Å²) >= 11 is 12.0. The van der Waals surface area contributed by atoms with Gasteiger partial charge in [-0.3, -0.25) is 4.68 Å². The first-order chi connectivity index (χ1) is 18.9. The molecule has 0 atom stereocenters. The molecule has 0 bridgehead atoms. The van der Waals surface area contributed by atoms with Crippen LogP contribution in [0.2, 0.25) is 10.0 Å². The van der Waals surface area contributed by atoms with Crippen molar-refractivity contribution < 1.29 is 19.4 Å².